The Balaban J connectivity index is 0.00000225. The van der Waals surface area contributed by atoms with Gasteiger partial charge in [0.25, 0.3) is 0 Å². The number of anilines is 1. The molecule has 1 aromatic carbocycles. The fourth-order valence-electron chi connectivity index (χ4n) is 3.97. The van der Waals surface area contributed by atoms with Gasteiger partial charge >= 0.3 is 0 Å². The van der Waals surface area contributed by atoms with Gasteiger partial charge in [-0.3, -0.25) is 14.3 Å². The maximum atomic E-state index is 12.7. The lowest BCUT2D eigenvalue weighted by Crippen LogP contribution is -2.34. The molecule has 8 heteroatoms. The second-order valence-electron chi connectivity index (χ2n) is 7.35. The van der Waals surface area contributed by atoms with Crippen molar-refractivity contribution in [2.75, 3.05) is 24.5 Å². The van der Waals surface area contributed by atoms with Gasteiger partial charge < -0.3 is 15.5 Å². The summed E-state index contributed by atoms with van der Waals surface area (Å²) in [4.78, 5) is 26.3. The Hall–Kier alpha value is -2.38. The maximum Gasteiger partial charge on any atom is 0.227 e. The van der Waals surface area contributed by atoms with Crippen LogP contribution in [0.2, 0.25) is 0 Å². The third kappa shape index (κ3) is 4.20. The van der Waals surface area contributed by atoms with E-state index in [1.54, 1.807) is 4.68 Å². The van der Waals surface area contributed by atoms with Crippen LogP contribution in [0.1, 0.15) is 29.9 Å². The summed E-state index contributed by atoms with van der Waals surface area (Å²) in [5, 5.41) is 10.6. The maximum absolute atomic E-state index is 12.7. The van der Waals surface area contributed by atoms with Gasteiger partial charge in [0.1, 0.15) is 0 Å². The highest BCUT2D eigenvalue weighted by molar-refractivity contribution is 5.95. The zero-order valence-corrected chi connectivity index (χ0v) is 16.7. The van der Waals surface area contributed by atoms with Crippen LogP contribution in [0.3, 0.4) is 0 Å². The molecule has 0 aliphatic carbocycles. The van der Waals surface area contributed by atoms with Crippen LogP contribution >= 0.6 is 12.4 Å². The minimum Gasteiger partial charge on any atom is -0.352 e. The Labute approximate surface area is 170 Å². The summed E-state index contributed by atoms with van der Waals surface area (Å²) in [6.45, 7) is 2.76. The van der Waals surface area contributed by atoms with Gasteiger partial charge in [-0.05, 0) is 29.7 Å². The molecule has 4 rings (SSSR count). The van der Waals surface area contributed by atoms with Crippen LogP contribution < -0.4 is 15.5 Å². The molecule has 2 fully saturated rings. The number of nitrogens with zero attached hydrogens (tertiary/aromatic N) is 3. The molecule has 0 saturated carbocycles. The van der Waals surface area contributed by atoms with Crippen LogP contribution in [0.4, 0.5) is 5.69 Å². The number of aryl methyl sites for hydroxylation is 1. The van der Waals surface area contributed by atoms with E-state index in [0.29, 0.717) is 19.5 Å². The lowest BCUT2D eigenvalue weighted by Gasteiger charge is -2.18. The summed E-state index contributed by atoms with van der Waals surface area (Å²) < 4.78 is 1.77. The fraction of sp³-hybridized carbons (Fsp3) is 0.450. The molecule has 2 amide bonds. The number of hydrogen-bond donors (Lipinski definition) is 2. The minimum atomic E-state index is -0.0873. The molecule has 1 aromatic heterocycles. The van der Waals surface area contributed by atoms with Gasteiger partial charge in [0.05, 0.1) is 12.1 Å². The Morgan fingerprint density at radius 2 is 2.07 bits per heavy atom. The monoisotopic (exact) mass is 403 g/mol. The van der Waals surface area contributed by atoms with E-state index in [1.165, 1.54) is 0 Å². The van der Waals surface area contributed by atoms with Crippen LogP contribution in [-0.2, 0) is 23.2 Å². The second kappa shape index (κ2) is 8.75. The van der Waals surface area contributed by atoms with Crippen molar-refractivity contribution in [2.45, 2.75) is 25.3 Å². The van der Waals surface area contributed by atoms with E-state index in [-0.39, 0.29) is 36.1 Å². The molecule has 2 saturated heterocycles. The van der Waals surface area contributed by atoms with Gasteiger partial charge in [-0.2, -0.15) is 5.10 Å². The van der Waals surface area contributed by atoms with Crippen LogP contribution in [0.25, 0.3) is 0 Å². The van der Waals surface area contributed by atoms with E-state index in [2.05, 4.69) is 15.7 Å². The highest BCUT2D eigenvalue weighted by Gasteiger charge is 2.34. The summed E-state index contributed by atoms with van der Waals surface area (Å²) in [7, 11) is 1.89. The summed E-state index contributed by atoms with van der Waals surface area (Å²) in [6.07, 6.45) is 5.38. The molecule has 2 aliphatic rings. The molecule has 0 bridgehead atoms. The zero-order valence-electron chi connectivity index (χ0n) is 15.9. The first-order chi connectivity index (χ1) is 13.1. The molecule has 2 N–H and O–H groups in total. The summed E-state index contributed by atoms with van der Waals surface area (Å²) in [5.74, 6) is 0.317. The van der Waals surface area contributed by atoms with Crippen molar-refractivity contribution in [3.8, 4) is 0 Å². The van der Waals surface area contributed by atoms with Gasteiger partial charge in [0.2, 0.25) is 11.8 Å². The molecule has 0 radical (unpaired) electrons. The van der Waals surface area contributed by atoms with Crippen molar-refractivity contribution in [3.63, 3.8) is 0 Å². The fourth-order valence-corrected chi connectivity index (χ4v) is 3.97. The molecule has 28 heavy (non-hydrogen) atoms. The van der Waals surface area contributed by atoms with Crippen LogP contribution in [0.5, 0.6) is 0 Å². The van der Waals surface area contributed by atoms with E-state index >= 15 is 0 Å². The largest absolute Gasteiger partial charge is 0.352 e. The molecule has 2 aliphatic heterocycles. The van der Waals surface area contributed by atoms with Crippen molar-refractivity contribution in [3.05, 3.63) is 47.8 Å². The summed E-state index contributed by atoms with van der Waals surface area (Å²) in [6, 6.07) is 7.87. The smallest absolute Gasteiger partial charge is 0.227 e. The highest BCUT2D eigenvalue weighted by atomic mass is 35.5. The number of hydrogen-bond acceptors (Lipinski definition) is 4. The number of carbonyl (C=O) groups excluding carboxylic acids is 2. The Bertz CT molecular complexity index is 835. The molecule has 0 spiro atoms. The first-order valence-electron chi connectivity index (χ1n) is 9.48. The molecule has 7 nitrogen and oxygen atoms in total. The molecular formula is C20H26ClN5O2. The van der Waals surface area contributed by atoms with Crippen molar-refractivity contribution in [1.29, 1.82) is 0 Å². The number of rotatable bonds is 5. The lowest BCUT2D eigenvalue weighted by atomic mass is 9.90. The van der Waals surface area contributed by atoms with Crippen LogP contribution in [-0.4, -0.2) is 41.2 Å². The molecule has 0 unspecified atom stereocenters. The molecule has 150 valence electrons. The third-order valence-electron chi connectivity index (χ3n) is 5.49. The first kappa shape index (κ1) is 20.4. The van der Waals surface area contributed by atoms with E-state index in [0.717, 1.165) is 36.3 Å². The summed E-state index contributed by atoms with van der Waals surface area (Å²) >= 11 is 0. The first-order valence-corrected chi connectivity index (χ1v) is 9.48. The van der Waals surface area contributed by atoms with E-state index < -0.39 is 0 Å². The number of benzene rings is 1. The number of nitrogens with one attached hydrogen (secondary N) is 2. The van der Waals surface area contributed by atoms with Crippen molar-refractivity contribution < 1.29 is 9.59 Å². The Morgan fingerprint density at radius 1 is 1.29 bits per heavy atom. The quantitative estimate of drug-likeness (QED) is 0.794. The molecular weight excluding hydrogens is 378 g/mol. The topological polar surface area (TPSA) is 79.3 Å². The highest BCUT2D eigenvalue weighted by Crippen LogP contribution is 2.28. The Kier molecular flexibility index (Phi) is 6.36. The third-order valence-corrected chi connectivity index (χ3v) is 5.49. The van der Waals surface area contributed by atoms with Gasteiger partial charge in [0.15, 0.2) is 0 Å². The van der Waals surface area contributed by atoms with Crippen LogP contribution in [0.15, 0.2) is 36.7 Å². The number of amides is 2. The molecule has 2 aromatic rings. The van der Waals surface area contributed by atoms with Gasteiger partial charge in [-0.15, -0.1) is 12.4 Å². The van der Waals surface area contributed by atoms with Crippen LogP contribution in [0, 0.1) is 5.92 Å². The Morgan fingerprint density at radius 3 is 2.71 bits per heavy atom. The van der Waals surface area contributed by atoms with E-state index in [1.807, 2.05) is 48.6 Å². The number of carbonyl (C=O) groups is 2. The number of halogens is 1. The van der Waals surface area contributed by atoms with E-state index in [4.69, 9.17) is 0 Å². The number of aromatic nitrogens is 2. The van der Waals surface area contributed by atoms with Crippen molar-refractivity contribution >= 4 is 29.9 Å². The lowest BCUT2D eigenvalue weighted by molar-refractivity contribution is -0.125. The second-order valence-corrected chi connectivity index (χ2v) is 7.35. The zero-order chi connectivity index (χ0) is 18.8. The predicted octanol–water partition coefficient (Wildman–Crippen LogP) is 1.59. The van der Waals surface area contributed by atoms with Crippen molar-refractivity contribution in [2.24, 2.45) is 13.0 Å². The molecule has 2 atom stereocenters. The normalized spacial score (nSPS) is 21.6. The standard InChI is InChI=1S/C20H25N5O2.ClH/c1-24-13-15(10-23-24)17-11-21-12-18(17)20(27)22-9-14-4-6-16(7-5-14)25-8-2-3-19(25)26;/h4-7,10,13,17-18,21H,2-3,8-9,11-12H2,1H3,(H,22,27);1H/t17-,18+;/m1./s1. The summed E-state index contributed by atoms with van der Waals surface area (Å²) in [5.41, 5.74) is 3.06. The van der Waals surface area contributed by atoms with Gasteiger partial charge in [-0.25, -0.2) is 0 Å². The average molecular weight is 404 g/mol. The van der Waals surface area contributed by atoms with Gasteiger partial charge in [-0.1, -0.05) is 12.1 Å². The predicted molar refractivity (Wildman–Crippen MR) is 109 cm³/mol. The van der Waals surface area contributed by atoms with Crippen molar-refractivity contribution in [1.82, 2.24) is 20.4 Å². The SMILES string of the molecule is Cl.Cn1cc([C@H]2CNC[C@@H]2C(=O)NCc2ccc(N3CCCC3=O)cc2)cn1. The van der Waals surface area contributed by atoms with E-state index in [9.17, 15) is 9.59 Å². The van der Waals surface area contributed by atoms with Gasteiger partial charge in [0, 0.05) is 57.4 Å². The average Bonchev–Trinajstić information content (AvgIpc) is 3.40. The molecule has 3 heterocycles. The minimum absolute atomic E-state index is 0.